The van der Waals surface area contributed by atoms with Gasteiger partial charge in [-0.3, -0.25) is 0 Å². The van der Waals surface area contributed by atoms with Crippen molar-refractivity contribution in [1.29, 1.82) is 0 Å². The maximum Gasteiger partial charge on any atom is 0.410 e. The Kier molecular flexibility index (Phi) is 6.46. The quantitative estimate of drug-likeness (QED) is 0.600. The molecule has 0 atom stereocenters. The zero-order chi connectivity index (χ0) is 19.3. The summed E-state index contributed by atoms with van der Waals surface area (Å²) in [4.78, 5) is 14.1. The number of carbonyl (C=O) groups is 1. The minimum absolute atomic E-state index is 0.153. The summed E-state index contributed by atoms with van der Waals surface area (Å²) in [6, 6.07) is 10.4. The van der Waals surface area contributed by atoms with Crippen molar-refractivity contribution >= 4 is 6.09 Å². The van der Waals surface area contributed by atoms with Crippen LogP contribution in [0.4, 0.5) is 4.79 Å². The summed E-state index contributed by atoms with van der Waals surface area (Å²) in [5, 5.41) is 0. The van der Waals surface area contributed by atoms with Crippen LogP contribution in [-0.2, 0) is 16.1 Å². The molecule has 1 aliphatic carbocycles. The summed E-state index contributed by atoms with van der Waals surface area (Å²) in [5.41, 5.74) is 1.36. The second kappa shape index (κ2) is 8.64. The normalized spacial score (nSPS) is 19.7. The van der Waals surface area contributed by atoms with E-state index < -0.39 is 5.60 Å². The van der Waals surface area contributed by atoms with E-state index in [9.17, 15) is 4.79 Å². The van der Waals surface area contributed by atoms with Gasteiger partial charge in [-0.15, -0.1) is 0 Å². The second-order valence-electron chi connectivity index (χ2n) is 9.25. The highest BCUT2D eigenvalue weighted by Gasteiger charge is 2.49. The maximum absolute atomic E-state index is 12.2. The molecule has 4 nitrogen and oxygen atoms in total. The SMILES string of the molecule is CC(C)(C)OC(=O)N1CCC(C2(CCCOCc3ccccc3)CC2)CC1. The molecule has 3 rings (SSSR count). The van der Waals surface area contributed by atoms with E-state index in [1.807, 2.05) is 31.7 Å². The molecule has 2 fully saturated rings. The molecule has 2 aliphatic rings. The van der Waals surface area contributed by atoms with Gasteiger partial charge in [0.1, 0.15) is 5.60 Å². The lowest BCUT2D eigenvalue weighted by molar-refractivity contribution is 0.0142. The molecule has 1 saturated heterocycles. The smallest absolute Gasteiger partial charge is 0.410 e. The fourth-order valence-corrected chi connectivity index (χ4v) is 4.31. The third-order valence-corrected chi connectivity index (χ3v) is 5.98. The van der Waals surface area contributed by atoms with E-state index in [0.29, 0.717) is 12.0 Å². The van der Waals surface area contributed by atoms with Gasteiger partial charge in [0.2, 0.25) is 0 Å². The van der Waals surface area contributed by atoms with E-state index >= 15 is 0 Å². The molecule has 0 aromatic heterocycles. The molecule has 0 spiro atoms. The summed E-state index contributed by atoms with van der Waals surface area (Å²) in [5.74, 6) is 0.755. The van der Waals surface area contributed by atoms with Crippen LogP contribution >= 0.6 is 0 Å². The van der Waals surface area contributed by atoms with E-state index in [2.05, 4.69) is 24.3 Å². The summed E-state index contributed by atoms with van der Waals surface area (Å²) in [6.07, 6.45) is 7.18. The molecule has 0 bridgehead atoms. The van der Waals surface area contributed by atoms with Crippen molar-refractivity contribution in [3.63, 3.8) is 0 Å². The molecule has 4 heteroatoms. The molecule has 1 aliphatic heterocycles. The fourth-order valence-electron chi connectivity index (χ4n) is 4.31. The van der Waals surface area contributed by atoms with Gasteiger partial charge in [-0.2, -0.15) is 0 Å². The monoisotopic (exact) mass is 373 g/mol. The second-order valence-corrected chi connectivity index (χ2v) is 9.25. The molecule has 0 N–H and O–H groups in total. The topological polar surface area (TPSA) is 38.8 Å². The lowest BCUT2D eigenvalue weighted by Crippen LogP contribution is -2.43. The van der Waals surface area contributed by atoms with Gasteiger partial charge < -0.3 is 14.4 Å². The largest absolute Gasteiger partial charge is 0.444 e. The standard InChI is InChI=1S/C23H35NO3/c1-22(2,3)27-21(25)24-15-10-20(11-16-24)23(13-14-23)12-7-17-26-18-19-8-5-4-6-9-19/h4-6,8-9,20H,7,10-18H2,1-3H3. The first-order valence-corrected chi connectivity index (χ1v) is 10.5. The summed E-state index contributed by atoms with van der Waals surface area (Å²) in [7, 11) is 0. The minimum atomic E-state index is -0.411. The zero-order valence-electron chi connectivity index (χ0n) is 17.2. The molecule has 150 valence electrons. The van der Waals surface area contributed by atoms with Crippen molar-refractivity contribution in [2.45, 2.75) is 71.5 Å². The number of ether oxygens (including phenoxy) is 2. The Balaban J connectivity index is 1.35. The van der Waals surface area contributed by atoms with E-state index in [1.54, 1.807) is 0 Å². The Hall–Kier alpha value is -1.55. The number of piperidine rings is 1. The first-order valence-electron chi connectivity index (χ1n) is 10.5. The van der Waals surface area contributed by atoms with Crippen molar-refractivity contribution in [2.24, 2.45) is 11.3 Å². The van der Waals surface area contributed by atoms with E-state index in [4.69, 9.17) is 9.47 Å². The number of hydrogen-bond acceptors (Lipinski definition) is 3. The summed E-state index contributed by atoms with van der Waals surface area (Å²) in [6.45, 7) is 9.01. The van der Waals surface area contributed by atoms with Gasteiger partial charge in [-0.25, -0.2) is 4.79 Å². The third-order valence-electron chi connectivity index (χ3n) is 5.98. The fraction of sp³-hybridized carbons (Fsp3) is 0.696. The number of rotatable bonds is 7. The number of carbonyl (C=O) groups excluding carboxylic acids is 1. The predicted octanol–water partition coefficient (Wildman–Crippen LogP) is 5.41. The van der Waals surface area contributed by atoms with Gasteiger partial charge in [-0.05, 0) is 76.2 Å². The Morgan fingerprint density at radius 3 is 2.41 bits per heavy atom. The van der Waals surface area contributed by atoms with Crippen LogP contribution in [0, 0.1) is 11.3 Å². The highest BCUT2D eigenvalue weighted by atomic mass is 16.6. The van der Waals surface area contributed by atoms with Crippen LogP contribution in [-0.4, -0.2) is 36.3 Å². The predicted molar refractivity (Wildman–Crippen MR) is 108 cm³/mol. The first-order chi connectivity index (χ1) is 12.9. The molecule has 1 aromatic rings. The number of likely N-dealkylation sites (tertiary alicyclic amines) is 1. The van der Waals surface area contributed by atoms with Crippen LogP contribution in [0.5, 0.6) is 0 Å². The Labute approximate surface area is 164 Å². The Morgan fingerprint density at radius 1 is 1.15 bits per heavy atom. The first kappa shape index (κ1) is 20.2. The number of benzene rings is 1. The van der Waals surface area contributed by atoms with Gasteiger partial charge in [0.15, 0.2) is 0 Å². The lowest BCUT2D eigenvalue weighted by atomic mass is 9.79. The van der Waals surface area contributed by atoms with Crippen molar-refractivity contribution in [3.05, 3.63) is 35.9 Å². The van der Waals surface area contributed by atoms with E-state index in [1.165, 1.54) is 24.8 Å². The van der Waals surface area contributed by atoms with Gasteiger partial charge in [-0.1, -0.05) is 30.3 Å². The van der Waals surface area contributed by atoms with Crippen LogP contribution < -0.4 is 0 Å². The number of hydrogen-bond donors (Lipinski definition) is 0. The van der Waals surface area contributed by atoms with Gasteiger partial charge in [0.05, 0.1) is 6.61 Å². The molecule has 0 unspecified atom stereocenters. The molecule has 27 heavy (non-hydrogen) atoms. The molecular formula is C23H35NO3. The van der Waals surface area contributed by atoms with Gasteiger partial charge in [0, 0.05) is 19.7 Å². The molecular weight excluding hydrogens is 338 g/mol. The average Bonchev–Trinajstić information content (AvgIpc) is 3.42. The number of nitrogens with zero attached hydrogens (tertiary/aromatic N) is 1. The van der Waals surface area contributed by atoms with Crippen molar-refractivity contribution in [1.82, 2.24) is 4.90 Å². The molecule has 1 saturated carbocycles. The van der Waals surface area contributed by atoms with Crippen LogP contribution in [0.2, 0.25) is 0 Å². The average molecular weight is 374 g/mol. The van der Waals surface area contributed by atoms with Crippen molar-refractivity contribution < 1.29 is 14.3 Å². The highest BCUT2D eigenvalue weighted by Crippen LogP contribution is 2.58. The summed E-state index contributed by atoms with van der Waals surface area (Å²) >= 11 is 0. The van der Waals surface area contributed by atoms with Gasteiger partial charge >= 0.3 is 6.09 Å². The summed E-state index contributed by atoms with van der Waals surface area (Å²) < 4.78 is 11.4. The molecule has 1 aromatic carbocycles. The third kappa shape index (κ3) is 5.97. The van der Waals surface area contributed by atoms with Crippen molar-refractivity contribution in [2.75, 3.05) is 19.7 Å². The molecule has 0 radical (unpaired) electrons. The van der Waals surface area contributed by atoms with E-state index in [-0.39, 0.29) is 6.09 Å². The minimum Gasteiger partial charge on any atom is -0.444 e. The maximum atomic E-state index is 12.2. The van der Waals surface area contributed by atoms with Crippen LogP contribution in [0.3, 0.4) is 0 Å². The van der Waals surface area contributed by atoms with Crippen LogP contribution in [0.1, 0.15) is 64.9 Å². The highest BCUT2D eigenvalue weighted by molar-refractivity contribution is 5.68. The Morgan fingerprint density at radius 2 is 1.81 bits per heavy atom. The zero-order valence-corrected chi connectivity index (χ0v) is 17.2. The molecule has 1 heterocycles. The van der Waals surface area contributed by atoms with Crippen LogP contribution in [0.15, 0.2) is 30.3 Å². The number of amides is 1. The van der Waals surface area contributed by atoms with Crippen LogP contribution in [0.25, 0.3) is 0 Å². The van der Waals surface area contributed by atoms with Gasteiger partial charge in [0.25, 0.3) is 0 Å². The molecule has 1 amide bonds. The van der Waals surface area contributed by atoms with Crippen molar-refractivity contribution in [3.8, 4) is 0 Å². The lowest BCUT2D eigenvalue weighted by Gasteiger charge is -2.37. The van der Waals surface area contributed by atoms with E-state index in [0.717, 1.165) is 44.9 Å². The Bertz CT molecular complexity index is 596.